The number of fused-ring (bicyclic) bond motifs is 1. The molecule has 0 fully saturated rings. The van der Waals surface area contributed by atoms with E-state index in [-0.39, 0.29) is 13.3 Å². The SMILES string of the molecule is O=C(NCc1ccc2c(c1)OCO2)C(=O)Nc1ccc(OCc2ccccc2)cc1. The van der Waals surface area contributed by atoms with Crippen molar-refractivity contribution in [2.24, 2.45) is 0 Å². The highest BCUT2D eigenvalue weighted by atomic mass is 16.7. The third kappa shape index (κ3) is 4.88. The Morgan fingerprint density at radius 1 is 0.833 bits per heavy atom. The molecule has 1 aliphatic rings. The molecule has 7 heteroatoms. The minimum atomic E-state index is -0.742. The summed E-state index contributed by atoms with van der Waals surface area (Å²) < 4.78 is 16.3. The summed E-state index contributed by atoms with van der Waals surface area (Å²) >= 11 is 0. The number of rotatable bonds is 6. The van der Waals surface area contributed by atoms with Gasteiger partial charge in [0.1, 0.15) is 12.4 Å². The van der Waals surface area contributed by atoms with Crippen LogP contribution in [0.1, 0.15) is 11.1 Å². The molecule has 7 nitrogen and oxygen atoms in total. The average Bonchev–Trinajstić information content (AvgIpc) is 3.25. The number of carbonyl (C=O) groups is 2. The first-order valence-electron chi connectivity index (χ1n) is 9.42. The van der Waals surface area contributed by atoms with E-state index in [2.05, 4.69) is 10.6 Å². The van der Waals surface area contributed by atoms with Gasteiger partial charge in [0.15, 0.2) is 11.5 Å². The van der Waals surface area contributed by atoms with Crippen molar-refractivity contribution in [2.45, 2.75) is 13.2 Å². The maximum Gasteiger partial charge on any atom is 0.313 e. The second kappa shape index (κ2) is 9.00. The van der Waals surface area contributed by atoms with E-state index in [0.29, 0.717) is 29.5 Å². The Balaban J connectivity index is 1.25. The second-order valence-corrected chi connectivity index (χ2v) is 6.62. The van der Waals surface area contributed by atoms with Crippen molar-refractivity contribution in [1.29, 1.82) is 0 Å². The normalized spacial score (nSPS) is 11.6. The van der Waals surface area contributed by atoms with Crippen molar-refractivity contribution in [3.63, 3.8) is 0 Å². The van der Waals surface area contributed by atoms with Crippen LogP contribution in [0.4, 0.5) is 5.69 Å². The largest absolute Gasteiger partial charge is 0.489 e. The van der Waals surface area contributed by atoms with E-state index < -0.39 is 11.8 Å². The Hall–Kier alpha value is -4.00. The number of carbonyl (C=O) groups excluding carboxylic acids is 2. The molecular weight excluding hydrogens is 384 g/mol. The van der Waals surface area contributed by atoms with Gasteiger partial charge in [-0.05, 0) is 47.5 Å². The first-order chi connectivity index (χ1) is 14.7. The number of amides is 2. The van der Waals surface area contributed by atoms with Gasteiger partial charge in [0, 0.05) is 12.2 Å². The van der Waals surface area contributed by atoms with E-state index in [4.69, 9.17) is 14.2 Å². The lowest BCUT2D eigenvalue weighted by atomic mass is 10.2. The Bertz CT molecular complexity index is 1040. The molecule has 0 aromatic heterocycles. The zero-order chi connectivity index (χ0) is 20.8. The van der Waals surface area contributed by atoms with Crippen molar-refractivity contribution in [3.8, 4) is 17.2 Å². The Kier molecular flexibility index (Phi) is 5.80. The zero-order valence-corrected chi connectivity index (χ0v) is 16.1. The monoisotopic (exact) mass is 404 g/mol. The van der Waals surface area contributed by atoms with Crippen molar-refractivity contribution in [1.82, 2.24) is 5.32 Å². The van der Waals surface area contributed by atoms with Gasteiger partial charge in [0.2, 0.25) is 6.79 Å². The summed E-state index contributed by atoms with van der Waals surface area (Å²) in [4.78, 5) is 24.2. The van der Waals surface area contributed by atoms with Crippen LogP contribution in [-0.2, 0) is 22.7 Å². The van der Waals surface area contributed by atoms with E-state index in [1.165, 1.54) is 0 Å². The van der Waals surface area contributed by atoms with E-state index in [9.17, 15) is 9.59 Å². The molecule has 0 bridgehead atoms. The summed E-state index contributed by atoms with van der Waals surface area (Å²) in [5, 5.41) is 5.16. The molecule has 0 unspecified atom stereocenters. The standard InChI is InChI=1S/C23H20N2O5/c26-22(24-13-17-6-11-20-21(12-17)30-15-29-20)23(27)25-18-7-9-19(10-8-18)28-14-16-4-2-1-3-5-16/h1-12H,13-15H2,(H,24,26)(H,25,27). The lowest BCUT2D eigenvalue weighted by Crippen LogP contribution is -2.34. The van der Waals surface area contributed by atoms with Gasteiger partial charge < -0.3 is 24.8 Å². The van der Waals surface area contributed by atoms with E-state index in [1.54, 1.807) is 42.5 Å². The second-order valence-electron chi connectivity index (χ2n) is 6.62. The minimum absolute atomic E-state index is 0.184. The molecule has 2 amide bonds. The topological polar surface area (TPSA) is 85.9 Å². The Morgan fingerprint density at radius 3 is 2.40 bits per heavy atom. The summed E-state index contributed by atoms with van der Waals surface area (Å²) in [7, 11) is 0. The number of benzene rings is 3. The van der Waals surface area contributed by atoms with Gasteiger partial charge in [0.05, 0.1) is 0 Å². The summed E-state index contributed by atoms with van der Waals surface area (Å²) in [5.74, 6) is 0.495. The van der Waals surface area contributed by atoms with Crippen LogP contribution in [0.3, 0.4) is 0 Å². The molecule has 0 saturated carbocycles. The van der Waals surface area contributed by atoms with Crippen LogP contribution in [0, 0.1) is 0 Å². The van der Waals surface area contributed by atoms with Crippen molar-refractivity contribution in [2.75, 3.05) is 12.1 Å². The molecule has 30 heavy (non-hydrogen) atoms. The van der Waals surface area contributed by atoms with E-state index in [1.807, 2.05) is 30.3 Å². The number of hydrogen-bond acceptors (Lipinski definition) is 5. The third-order valence-corrected chi connectivity index (χ3v) is 4.46. The zero-order valence-electron chi connectivity index (χ0n) is 16.1. The van der Waals surface area contributed by atoms with Crippen molar-refractivity contribution >= 4 is 17.5 Å². The molecule has 1 heterocycles. The van der Waals surface area contributed by atoms with Crippen LogP contribution in [0.25, 0.3) is 0 Å². The van der Waals surface area contributed by atoms with Gasteiger partial charge in [-0.2, -0.15) is 0 Å². The molecule has 0 atom stereocenters. The van der Waals surface area contributed by atoms with Crippen LogP contribution in [0.5, 0.6) is 17.2 Å². The van der Waals surface area contributed by atoms with Gasteiger partial charge in [-0.25, -0.2) is 0 Å². The van der Waals surface area contributed by atoms with Gasteiger partial charge in [-0.3, -0.25) is 9.59 Å². The van der Waals surface area contributed by atoms with Gasteiger partial charge in [0.25, 0.3) is 0 Å². The molecule has 3 aromatic carbocycles. The van der Waals surface area contributed by atoms with Gasteiger partial charge in [-0.1, -0.05) is 36.4 Å². The highest BCUT2D eigenvalue weighted by Gasteiger charge is 2.16. The molecule has 0 spiro atoms. The summed E-state index contributed by atoms with van der Waals surface area (Å²) in [6.45, 7) is 0.841. The summed E-state index contributed by atoms with van der Waals surface area (Å²) in [5.41, 5.74) is 2.37. The molecule has 152 valence electrons. The fourth-order valence-electron chi connectivity index (χ4n) is 2.88. The Morgan fingerprint density at radius 2 is 1.60 bits per heavy atom. The van der Waals surface area contributed by atoms with Crippen LogP contribution in [0.2, 0.25) is 0 Å². The number of hydrogen-bond donors (Lipinski definition) is 2. The molecule has 4 rings (SSSR count). The molecule has 0 saturated heterocycles. The Labute approximate surface area is 173 Å². The minimum Gasteiger partial charge on any atom is -0.489 e. The maximum absolute atomic E-state index is 12.1. The van der Waals surface area contributed by atoms with Gasteiger partial charge in [-0.15, -0.1) is 0 Å². The number of ether oxygens (including phenoxy) is 3. The smallest absolute Gasteiger partial charge is 0.313 e. The van der Waals surface area contributed by atoms with E-state index in [0.717, 1.165) is 11.1 Å². The fourth-order valence-corrected chi connectivity index (χ4v) is 2.88. The third-order valence-electron chi connectivity index (χ3n) is 4.46. The van der Waals surface area contributed by atoms with Crippen LogP contribution < -0.4 is 24.8 Å². The number of anilines is 1. The first kappa shape index (κ1) is 19.3. The first-order valence-corrected chi connectivity index (χ1v) is 9.42. The van der Waals surface area contributed by atoms with Gasteiger partial charge >= 0.3 is 11.8 Å². The average molecular weight is 404 g/mol. The lowest BCUT2D eigenvalue weighted by Gasteiger charge is -2.09. The number of nitrogens with one attached hydrogen (secondary N) is 2. The molecule has 0 aliphatic carbocycles. The van der Waals surface area contributed by atoms with Crippen molar-refractivity contribution < 1.29 is 23.8 Å². The predicted octanol–water partition coefficient (Wildman–Crippen LogP) is 3.25. The van der Waals surface area contributed by atoms with Crippen molar-refractivity contribution in [3.05, 3.63) is 83.9 Å². The molecule has 0 radical (unpaired) electrons. The maximum atomic E-state index is 12.1. The lowest BCUT2D eigenvalue weighted by molar-refractivity contribution is -0.136. The quantitative estimate of drug-likeness (QED) is 0.616. The van der Waals surface area contributed by atoms with E-state index >= 15 is 0 Å². The van der Waals surface area contributed by atoms with Crippen LogP contribution >= 0.6 is 0 Å². The van der Waals surface area contributed by atoms with Crippen LogP contribution in [0.15, 0.2) is 72.8 Å². The predicted molar refractivity (Wildman–Crippen MR) is 110 cm³/mol. The molecule has 1 aliphatic heterocycles. The highest BCUT2D eigenvalue weighted by Crippen LogP contribution is 2.32. The highest BCUT2D eigenvalue weighted by molar-refractivity contribution is 6.39. The molecule has 3 aromatic rings. The molecule has 2 N–H and O–H groups in total. The summed E-state index contributed by atoms with van der Waals surface area (Å²) in [6.07, 6.45) is 0. The molecular formula is C23H20N2O5. The fraction of sp³-hybridized carbons (Fsp3) is 0.130. The van der Waals surface area contributed by atoms with Crippen LogP contribution in [-0.4, -0.2) is 18.6 Å². The summed E-state index contributed by atoms with van der Waals surface area (Å²) in [6, 6.07) is 22.0.